The van der Waals surface area contributed by atoms with Crippen LogP contribution in [0.15, 0.2) is 42.5 Å². The number of fused-ring (bicyclic) bond motifs is 1. The van der Waals surface area contributed by atoms with E-state index in [0.29, 0.717) is 18.0 Å². The van der Waals surface area contributed by atoms with Crippen molar-refractivity contribution in [1.82, 2.24) is 14.9 Å². The molecule has 2 aromatic carbocycles. The maximum absolute atomic E-state index is 12.6. The van der Waals surface area contributed by atoms with Crippen LogP contribution >= 0.6 is 11.8 Å². The molecule has 7 heteroatoms. The lowest BCUT2D eigenvalue weighted by molar-refractivity contribution is -0.121. The van der Waals surface area contributed by atoms with Crippen molar-refractivity contribution < 1.29 is 14.3 Å². The summed E-state index contributed by atoms with van der Waals surface area (Å²) < 4.78 is 12.7. The SMILES string of the molecule is COc1cccc(CNC(=O)Cn2c(CSC)nc3ccccc32)c1OC. The van der Waals surface area contributed by atoms with Gasteiger partial charge in [-0.25, -0.2) is 4.98 Å². The van der Waals surface area contributed by atoms with Crippen molar-refractivity contribution >= 4 is 28.7 Å². The summed E-state index contributed by atoms with van der Waals surface area (Å²) in [6, 6.07) is 13.5. The third kappa shape index (κ3) is 4.19. The van der Waals surface area contributed by atoms with Crippen molar-refractivity contribution in [2.45, 2.75) is 18.8 Å². The van der Waals surface area contributed by atoms with Crippen LogP contribution in [-0.2, 0) is 23.6 Å². The number of hydrogen-bond acceptors (Lipinski definition) is 5. The number of nitrogens with zero attached hydrogens (tertiary/aromatic N) is 2. The number of amides is 1. The number of rotatable bonds is 8. The third-order valence-electron chi connectivity index (χ3n) is 4.27. The quantitative estimate of drug-likeness (QED) is 0.645. The zero-order chi connectivity index (χ0) is 19.2. The van der Waals surface area contributed by atoms with Crippen LogP contribution in [0.5, 0.6) is 11.5 Å². The van der Waals surface area contributed by atoms with E-state index in [2.05, 4.69) is 10.3 Å². The predicted octanol–water partition coefficient (Wildman–Crippen LogP) is 3.23. The second-order valence-corrected chi connectivity index (χ2v) is 6.83. The molecule has 1 amide bonds. The lowest BCUT2D eigenvalue weighted by Gasteiger charge is -2.14. The second-order valence-electron chi connectivity index (χ2n) is 5.97. The van der Waals surface area contributed by atoms with Gasteiger partial charge in [0.2, 0.25) is 5.91 Å². The fourth-order valence-electron chi connectivity index (χ4n) is 3.03. The van der Waals surface area contributed by atoms with Crippen LogP contribution in [0.3, 0.4) is 0 Å². The number of benzene rings is 2. The highest BCUT2D eigenvalue weighted by molar-refractivity contribution is 7.97. The smallest absolute Gasteiger partial charge is 0.240 e. The molecular weight excluding hydrogens is 362 g/mol. The Hall–Kier alpha value is -2.67. The van der Waals surface area contributed by atoms with Crippen molar-refractivity contribution in [2.24, 2.45) is 0 Å². The van der Waals surface area contributed by atoms with E-state index in [1.807, 2.05) is 53.3 Å². The first-order valence-corrected chi connectivity index (χ1v) is 9.97. The van der Waals surface area contributed by atoms with Gasteiger partial charge in [0.25, 0.3) is 0 Å². The summed E-state index contributed by atoms with van der Waals surface area (Å²) in [7, 11) is 3.19. The number of methoxy groups -OCH3 is 2. The van der Waals surface area contributed by atoms with Gasteiger partial charge in [0, 0.05) is 12.1 Å². The van der Waals surface area contributed by atoms with Gasteiger partial charge in [-0.15, -0.1) is 0 Å². The highest BCUT2D eigenvalue weighted by Gasteiger charge is 2.14. The number of carbonyl (C=O) groups excluding carboxylic acids is 1. The van der Waals surface area contributed by atoms with Gasteiger partial charge in [-0.3, -0.25) is 4.79 Å². The minimum absolute atomic E-state index is 0.0784. The number of carbonyl (C=O) groups is 1. The molecule has 0 aliphatic carbocycles. The summed E-state index contributed by atoms with van der Waals surface area (Å²) in [4.78, 5) is 17.2. The van der Waals surface area contributed by atoms with Crippen LogP contribution in [0.4, 0.5) is 0 Å². The minimum atomic E-state index is -0.0784. The van der Waals surface area contributed by atoms with E-state index in [0.717, 1.165) is 28.2 Å². The molecule has 1 N–H and O–H groups in total. The van der Waals surface area contributed by atoms with E-state index >= 15 is 0 Å². The average molecular weight is 385 g/mol. The van der Waals surface area contributed by atoms with E-state index in [9.17, 15) is 4.79 Å². The van der Waals surface area contributed by atoms with E-state index in [1.165, 1.54) is 0 Å². The first-order chi connectivity index (χ1) is 13.2. The van der Waals surface area contributed by atoms with Crippen molar-refractivity contribution in [3.05, 3.63) is 53.9 Å². The molecule has 0 aliphatic heterocycles. The number of imidazole rings is 1. The Labute approximate surface area is 162 Å². The fourth-order valence-corrected chi connectivity index (χ4v) is 3.51. The largest absolute Gasteiger partial charge is 0.493 e. The lowest BCUT2D eigenvalue weighted by Crippen LogP contribution is -2.28. The Morgan fingerprint density at radius 3 is 2.70 bits per heavy atom. The molecule has 0 radical (unpaired) electrons. The summed E-state index contributed by atoms with van der Waals surface area (Å²) in [5.74, 6) is 2.86. The molecule has 0 saturated heterocycles. The van der Waals surface area contributed by atoms with Gasteiger partial charge < -0.3 is 19.4 Å². The number of aromatic nitrogens is 2. The van der Waals surface area contributed by atoms with Crippen LogP contribution in [0, 0.1) is 0 Å². The molecule has 0 bridgehead atoms. The number of thioether (sulfide) groups is 1. The highest BCUT2D eigenvalue weighted by atomic mass is 32.2. The predicted molar refractivity (Wildman–Crippen MR) is 108 cm³/mol. The third-order valence-corrected chi connectivity index (χ3v) is 4.82. The lowest BCUT2D eigenvalue weighted by atomic mass is 10.2. The van der Waals surface area contributed by atoms with Crippen LogP contribution in [0.25, 0.3) is 11.0 Å². The number of hydrogen-bond donors (Lipinski definition) is 1. The maximum atomic E-state index is 12.6. The molecule has 0 atom stereocenters. The summed E-state index contributed by atoms with van der Waals surface area (Å²) in [6.07, 6.45) is 2.03. The van der Waals surface area contributed by atoms with Crippen LogP contribution in [-0.4, -0.2) is 35.9 Å². The zero-order valence-corrected chi connectivity index (χ0v) is 16.5. The fraction of sp³-hybridized carbons (Fsp3) is 0.300. The molecule has 27 heavy (non-hydrogen) atoms. The van der Waals surface area contributed by atoms with E-state index in [-0.39, 0.29) is 12.5 Å². The molecule has 0 unspecified atom stereocenters. The molecule has 0 fully saturated rings. The van der Waals surface area contributed by atoms with Crippen molar-refractivity contribution in [3.8, 4) is 11.5 Å². The van der Waals surface area contributed by atoms with Gasteiger partial charge in [-0.1, -0.05) is 24.3 Å². The molecule has 6 nitrogen and oxygen atoms in total. The molecule has 142 valence electrons. The van der Waals surface area contributed by atoms with Crippen molar-refractivity contribution in [1.29, 1.82) is 0 Å². The maximum Gasteiger partial charge on any atom is 0.240 e. The summed E-state index contributed by atoms with van der Waals surface area (Å²) in [6.45, 7) is 0.590. The number of para-hydroxylation sites is 3. The molecule has 0 saturated carbocycles. The van der Waals surface area contributed by atoms with Gasteiger partial charge in [0.1, 0.15) is 12.4 Å². The Morgan fingerprint density at radius 1 is 1.15 bits per heavy atom. The van der Waals surface area contributed by atoms with E-state index in [4.69, 9.17) is 9.47 Å². The van der Waals surface area contributed by atoms with Gasteiger partial charge in [-0.05, 0) is 24.5 Å². The molecule has 0 spiro atoms. The Bertz CT molecular complexity index is 939. The standard InChI is InChI=1S/C20H23N3O3S/c1-25-17-10-6-7-14(20(17)26-2)11-21-19(24)12-23-16-9-5-4-8-15(16)22-18(23)13-27-3/h4-10H,11-13H2,1-3H3,(H,21,24). The topological polar surface area (TPSA) is 65.4 Å². The molecular formula is C20H23N3O3S. The van der Waals surface area contributed by atoms with E-state index < -0.39 is 0 Å². The second kappa shape index (κ2) is 8.81. The summed E-state index contributed by atoms with van der Waals surface area (Å²) in [5, 5.41) is 2.97. The van der Waals surface area contributed by atoms with Crippen LogP contribution in [0.2, 0.25) is 0 Å². The molecule has 0 aliphatic rings. The van der Waals surface area contributed by atoms with Gasteiger partial charge in [0.15, 0.2) is 11.5 Å². The highest BCUT2D eigenvalue weighted by Crippen LogP contribution is 2.30. The molecule has 1 heterocycles. The van der Waals surface area contributed by atoms with Gasteiger partial charge >= 0.3 is 0 Å². The van der Waals surface area contributed by atoms with Gasteiger partial charge in [0.05, 0.1) is 31.0 Å². The van der Waals surface area contributed by atoms with Crippen LogP contribution in [0.1, 0.15) is 11.4 Å². The Morgan fingerprint density at radius 2 is 1.96 bits per heavy atom. The van der Waals surface area contributed by atoms with Crippen molar-refractivity contribution in [3.63, 3.8) is 0 Å². The first kappa shape index (κ1) is 19.1. The number of ether oxygens (including phenoxy) is 2. The normalized spacial score (nSPS) is 10.8. The molecule has 1 aromatic heterocycles. The van der Waals surface area contributed by atoms with Crippen LogP contribution < -0.4 is 14.8 Å². The summed E-state index contributed by atoms with van der Waals surface area (Å²) >= 11 is 1.68. The monoisotopic (exact) mass is 385 g/mol. The zero-order valence-electron chi connectivity index (χ0n) is 15.7. The Kier molecular flexibility index (Phi) is 6.24. The van der Waals surface area contributed by atoms with Crippen molar-refractivity contribution in [2.75, 3.05) is 20.5 Å². The summed E-state index contributed by atoms with van der Waals surface area (Å²) in [5.41, 5.74) is 2.74. The number of nitrogens with one attached hydrogen (secondary N) is 1. The Balaban J connectivity index is 1.75. The first-order valence-electron chi connectivity index (χ1n) is 8.57. The van der Waals surface area contributed by atoms with E-state index in [1.54, 1.807) is 26.0 Å². The minimum Gasteiger partial charge on any atom is -0.493 e. The average Bonchev–Trinajstić information content (AvgIpc) is 3.03. The molecule has 3 aromatic rings. The molecule has 3 rings (SSSR count). The van der Waals surface area contributed by atoms with Gasteiger partial charge in [-0.2, -0.15) is 11.8 Å².